The Morgan fingerprint density at radius 1 is 0.824 bits per heavy atom. The molecule has 0 fully saturated rings. The predicted octanol–water partition coefficient (Wildman–Crippen LogP) is 5.93. The summed E-state index contributed by atoms with van der Waals surface area (Å²) in [6.07, 6.45) is 0.410. The molecule has 174 valence electrons. The molecule has 0 aromatic heterocycles. The minimum Gasteiger partial charge on any atom is -0.485 e. The Morgan fingerprint density at radius 3 is 2.03 bits per heavy atom. The monoisotopic (exact) mass is 457 g/mol. The molecule has 2 atom stereocenters. The van der Waals surface area contributed by atoms with Gasteiger partial charge in [0.1, 0.15) is 30.9 Å². The molecule has 1 amide bonds. The average molecular weight is 458 g/mol. The van der Waals surface area contributed by atoms with Gasteiger partial charge in [-0.15, -0.1) is 0 Å². The normalized spacial score (nSPS) is 17.3. The Bertz CT molecular complexity index is 1120. The van der Waals surface area contributed by atoms with Gasteiger partial charge >= 0.3 is 12.1 Å². The lowest BCUT2D eigenvalue weighted by Gasteiger charge is -2.39. The zero-order valence-corrected chi connectivity index (χ0v) is 19.0. The van der Waals surface area contributed by atoms with Gasteiger partial charge in [-0.2, -0.15) is 0 Å². The Labute approximate surface area is 199 Å². The van der Waals surface area contributed by atoms with E-state index in [1.165, 1.54) is 4.90 Å². The van der Waals surface area contributed by atoms with Gasteiger partial charge < -0.3 is 14.2 Å². The maximum absolute atomic E-state index is 13.4. The highest BCUT2D eigenvalue weighted by Crippen LogP contribution is 2.43. The zero-order valence-electron chi connectivity index (χ0n) is 19.0. The van der Waals surface area contributed by atoms with Gasteiger partial charge in [0.15, 0.2) is 0 Å². The fourth-order valence-electron chi connectivity index (χ4n) is 3.92. The lowest BCUT2D eigenvalue weighted by Crippen LogP contribution is -2.39. The van der Waals surface area contributed by atoms with E-state index in [0.29, 0.717) is 5.76 Å². The molecule has 1 aliphatic rings. The van der Waals surface area contributed by atoms with Gasteiger partial charge in [-0.3, -0.25) is 9.69 Å². The molecular formula is C28H27NO5. The molecule has 0 saturated heterocycles. The van der Waals surface area contributed by atoms with Crippen molar-refractivity contribution in [1.29, 1.82) is 0 Å². The first-order chi connectivity index (χ1) is 16.7. The first kappa shape index (κ1) is 23.1. The van der Waals surface area contributed by atoms with Crippen LogP contribution in [0.1, 0.15) is 42.2 Å². The lowest BCUT2D eigenvalue weighted by atomic mass is 9.93. The molecule has 6 nitrogen and oxygen atoms in total. The molecule has 0 N–H and O–H groups in total. The molecule has 1 heterocycles. The summed E-state index contributed by atoms with van der Waals surface area (Å²) in [5.41, 5.74) is 2.65. The summed E-state index contributed by atoms with van der Waals surface area (Å²) in [5.74, 6) is -0.0764. The summed E-state index contributed by atoms with van der Waals surface area (Å²) in [6, 6.07) is 28.3. The molecule has 1 aliphatic heterocycles. The number of hydrogen-bond acceptors (Lipinski definition) is 5. The summed E-state index contributed by atoms with van der Waals surface area (Å²) in [4.78, 5) is 27.1. The van der Waals surface area contributed by atoms with Crippen LogP contribution < -0.4 is 0 Å². The predicted molar refractivity (Wildman–Crippen MR) is 127 cm³/mol. The topological polar surface area (TPSA) is 65.1 Å². The van der Waals surface area contributed by atoms with Crippen LogP contribution in [0.5, 0.6) is 0 Å². The van der Waals surface area contributed by atoms with Crippen LogP contribution in [0.4, 0.5) is 4.79 Å². The van der Waals surface area contributed by atoms with Crippen LogP contribution in [0.2, 0.25) is 0 Å². The number of amides is 1. The highest BCUT2D eigenvalue weighted by atomic mass is 16.6. The van der Waals surface area contributed by atoms with Crippen molar-refractivity contribution < 1.29 is 23.8 Å². The van der Waals surface area contributed by atoms with Crippen LogP contribution in [0.25, 0.3) is 0 Å². The molecule has 3 aromatic rings. The third-order valence-corrected chi connectivity index (χ3v) is 5.46. The van der Waals surface area contributed by atoms with Crippen molar-refractivity contribution in [2.75, 3.05) is 6.61 Å². The second kappa shape index (κ2) is 11.2. The van der Waals surface area contributed by atoms with Crippen molar-refractivity contribution in [3.05, 3.63) is 120 Å². The Morgan fingerprint density at radius 2 is 1.41 bits per heavy atom. The van der Waals surface area contributed by atoms with Gasteiger partial charge in [-0.1, -0.05) is 91.0 Å². The molecule has 0 aliphatic carbocycles. The quantitative estimate of drug-likeness (QED) is 0.411. The summed E-state index contributed by atoms with van der Waals surface area (Å²) in [5, 5.41) is 0. The van der Waals surface area contributed by atoms with E-state index < -0.39 is 24.2 Å². The number of nitrogens with zero attached hydrogens (tertiary/aromatic N) is 1. The maximum Gasteiger partial charge on any atom is 0.414 e. The summed E-state index contributed by atoms with van der Waals surface area (Å²) < 4.78 is 17.1. The van der Waals surface area contributed by atoms with Crippen LogP contribution in [0.3, 0.4) is 0 Å². The van der Waals surface area contributed by atoms with E-state index in [-0.39, 0.29) is 19.6 Å². The van der Waals surface area contributed by atoms with Gasteiger partial charge in [-0.05, 0) is 23.6 Å². The van der Waals surface area contributed by atoms with E-state index in [4.69, 9.17) is 14.2 Å². The highest BCUT2D eigenvalue weighted by Gasteiger charge is 2.39. The first-order valence-electron chi connectivity index (χ1n) is 11.3. The number of ether oxygens (including phenoxy) is 3. The molecule has 0 saturated carbocycles. The van der Waals surface area contributed by atoms with Gasteiger partial charge in [0, 0.05) is 6.20 Å². The zero-order chi connectivity index (χ0) is 23.8. The van der Waals surface area contributed by atoms with E-state index >= 15 is 0 Å². The van der Waals surface area contributed by atoms with Crippen molar-refractivity contribution in [2.45, 2.75) is 32.1 Å². The van der Waals surface area contributed by atoms with Crippen LogP contribution >= 0.6 is 0 Å². The molecule has 3 aromatic carbocycles. The average Bonchev–Trinajstić information content (AvgIpc) is 2.88. The second-order valence-corrected chi connectivity index (χ2v) is 7.83. The highest BCUT2D eigenvalue weighted by molar-refractivity contribution is 5.73. The second-order valence-electron chi connectivity index (χ2n) is 7.83. The van der Waals surface area contributed by atoms with Gasteiger partial charge in [0.05, 0.1) is 6.61 Å². The van der Waals surface area contributed by atoms with E-state index in [1.54, 1.807) is 13.1 Å². The van der Waals surface area contributed by atoms with Crippen molar-refractivity contribution in [3.63, 3.8) is 0 Å². The maximum atomic E-state index is 13.4. The summed E-state index contributed by atoms with van der Waals surface area (Å²) in [7, 11) is 0. The standard InChI is InChI=1S/C28H27NO5/c1-2-32-25(30)18-24-19-29(28(31)33-20-21-12-6-3-7-13-21)26(22-14-8-4-9-15-22)27(34-24)23-16-10-5-11-17-23/h3-17,19,26-27H,2,18,20H2,1H3/t26-,27+/m1/s1. The number of carbonyl (C=O) groups excluding carboxylic acids is 2. The largest absolute Gasteiger partial charge is 0.485 e. The molecule has 4 rings (SSSR count). The fraction of sp³-hybridized carbons (Fsp3) is 0.214. The van der Waals surface area contributed by atoms with Crippen LogP contribution in [0.15, 0.2) is 103 Å². The third kappa shape index (κ3) is 5.64. The molecule has 0 radical (unpaired) electrons. The molecule has 34 heavy (non-hydrogen) atoms. The Balaban J connectivity index is 1.70. The molecule has 0 bridgehead atoms. The number of hydrogen-bond donors (Lipinski definition) is 0. The van der Waals surface area contributed by atoms with Crippen molar-refractivity contribution in [1.82, 2.24) is 4.90 Å². The number of benzene rings is 3. The van der Waals surface area contributed by atoms with Crippen LogP contribution in [0, 0.1) is 0 Å². The minimum absolute atomic E-state index is 0.0822. The van der Waals surface area contributed by atoms with Crippen LogP contribution in [-0.4, -0.2) is 23.6 Å². The van der Waals surface area contributed by atoms with Gasteiger partial charge in [0.2, 0.25) is 0 Å². The Hall–Kier alpha value is -4.06. The summed E-state index contributed by atoms with van der Waals surface area (Å²) in [6.45, 7) is 2.15. The lowest BCUT2D eigenvalue weighted by molar-refractivity contribution is -0.143. The van der Waals surface area contributed by atoms with Crippen LogP contribution in [-0.2, 0) is 25.6 Å². The minimum atomic E-state index is -0.540. The molecule has 0 unspecified atom stereocenters. The number of carbonyl (C=O) groups is 2. The van der Waals surface area contributed by atoms with E-state index in [1.807, 2.05) is 91.0 Å². The third-order valence-electron chi connectivity index (χ3n) is 5.46. The smallest absolute Gasteiger partial charge is 0.414 e. The van der Waals surface area contributed by atoms with E-state index in [0.717, 1.165) is 16.7 Å². The van der Waals surface area contributed by atoms with Crippen molar-refractivity contribution in [3.8, 4) is 0 Å². The van der Waals surface area contributed by atoms with E-state index in [2.05, 4.69) is 0 Å². The SMILES string of the molecule is CCOC(=O)CC1=CN(C(=O)OCc2ccccc2)[C@H](c2ccccc2)[C@H](c2ccccc2)O1. The van der Waals surface area contributed by atoms with Crippen molar-refractivity contribution >= 4 is 12.1 Å². The van der Waals surface area contributed by atoms with Gasteiger partial charge in [0.25, 0.3) is 0 Å². The molecular weight excluding hydrogens is 430 g/mol. The fourth-order valence-corrected chi connectivity index (χ4v) is 3.92. The molecule has 0 spiro atoms. The number of rotatable bonds is 7. The van der Waals surface area contributed by atoms with Crippen molar-refractivity contribution in [2.24, 2.45) is 0 Å². The van der Waals surface area contributed by atoms with E-state index in [9.17, 15) is 9.59 Å². The van der Waals surface area contributed by atoms with Gasteiger partial charge in [-0.25, -0.2) is 4.79 Å². The Kier molecular flexibility index (Phi) is 7.60. The summed E-state index contributed by atoms with van der Waals surface area (Å²) >= 11 is 0. The first-order valence-corrected chi connectivity index (χ1v) is 11.3. The molecule has 6 heteroatoms. The number of esters is 1.